The number of hydrogen-bond acceptors (Lipinski definition) is 13. The van der Waals surface area contributed by atoms with Crippen LogP contribution >= 0.6 is 0 Å². The van der Waals surface area contributed by atoms with Crippen LogP contribution in [-0.2, 0) is 51.7 Å². The fourth-order valence-corrected chi connectivity index (χ4v) is 8.21. The minimum Gasteiger partial charge on any atom is -0.508 e. The molecule has 71 heavy (non-hydrogen) atoms. The fourth-order valence-electron chi connectivity index (χ4n) is 8.21. The summed E-state index contributed by atoms with van der Waals surface area (Å²) in [5.41, 5.74) is 6.75. The van der Waals surface area contributed by atoms with E-state index >= 15 is 0 Å². The molecule has 7 aromatic carbocycles. The molecule has 2 heterocycles. The normalized spacial score (nSPS) is 16.3. The monoisotopic (exact) mass is 964 g/mol. The van der Waals surface area contributed by atoms with E-state index in [1.54, 1.807) is 0 Å². The summed E-state index contributed by atoms with van der Waals surface area (Å²) < 4.78 is 42.4. The van der Waals surface area contributed by atoms with E-state index < -0.39 is 30.4 Å². The van der Waals surface area contributed by atoms with E-state index in [0.29, 0.717) is 54.6 Å². The Kier molecular flexibility index (Phi) is 16.9. The van der Waals surface area contributed by atoms with Gasteiger partial charge in [-0.15, -0.1) is 0 Å². The van der Waals surface area contributed by atoms with Gasteiger partial charge >= 0.3 is 11.9 Å². The zero-order valence-corrected chi connectivity index (χ0v) is 40.2. The molecule has 0 fully saturated rings. The van der Waals surface area contributed by atoms with Gasteiger partial charge in [0.05, 0.1) is 0 Å². The minimum absolute atomic E-state index is 0. The first-order chi connectivity index (χ1) is 34.4. The van der Waals surface area contributed by atoms with Crippen molar-refractivity contribution in [2.24, 2.45) is 0 Å². The summed E-state index contributed by atoms with van der Waals surface area (Å²) in [7, 11) is 0. The molecule has 0 saturated heterocycles. The number of carbonyl (C=O) groups excluding carboxylic acids is 2. The van der Waals surface area contributed by atoms with Crippen molar-refractivity contribution in [3.63, 3.8) is 0 Å². The summed E-state index contributed by atoms with van der Waals surface area (Å²) in [6.07, 6.45) is -2.03. The minimum atomic E-state index is -0.769. The molecule has 4 N–H and O–H groups in total. The van der Waals surface area contributed by atoms with Gasteiger partial charge < -0.3 is 53.6 Å². The number of carbonyl (C=O) groups is 2. The Morgan fingerprint density at radius 1 is 0.507 bits per heavy atom. The standard InChI is InChI=1S/C39H36O6.C17H16O7.C2H6.H2/c1-27-20-35(42-25-30-14-8-4-9-15-30)33-23-38(44-28(2)40)39(45-36(33)21-27)32-18-19-34(41-24-29-12-6-3-7-13-29)37(22-32)43-26-31-16-10-5-11-17-31;1-8(18)23-16-7-11-13(21)5-10(19)6-15(11)24-17(16)9-2-3-12(20)14(22)4-9;1-2;/h3-22,38-39H,23-26H2,1-2H3;2-6,16-17,19-22H,7H2,1H3;1-2H3;1H/t38-,39-;16-,17-;;/m11../s1. The molecule has 13 heteroatoms. The molecule has 7 aromatic rings. The van der Waals surface area contributed by atoms with E-state index in [1.807, 2.05) is 142 Å². The Hall–Kier alpha value is -8.32. The van der Waals surface area contributed by atoms with Crippen LogP contribution in [0.25, 0.3) is 0 Å². The Bertz CT molecular complexity index is 2900. The third-order valence-electron chi connectivity index (χ3n) is 11.4. The van der Waals surface area contributed by atoms with Crippen LogP contribution in [-0.4, -0.2) is 44.6 Å². The molecular formula is C58H60O13. The van der Waals surface area contributed by atoms with Crippen LogP contribution in [0.2, 0.25) is 0 Å². The molecular weight excluding hydrogens is 905 g/mol. The summed E-state index contributed by atoms with van der Waals surface area (Å²) in [4.78, 5) is 23.7. The first kappa shape index (κ1) is 50.6. The highest BCUT2D eigenvalue weighted by atomic mass is 16.6. The molecule has 0 aromatic heterocycles. The highest BCUT2D eigenvalue weighted by Gasteiger charge is 2.38. The van der Waals surface area contributed by atoms with E-state index in [4.69, 9.17) is 33.2 Å². The van der Waals surface area contributed by atoms with E-state index in [0.717, 1.165) is 39.1 Å². The van der Waals surface area contributed by atoms with Gasteiger partial charge in [0.2, 0.25) is 0 Å². The number of aromatic hydroxyl groups is 4. The van der Waals surface area contributed by atoms with E-state index in [9.17, 15) is 30.0 Å². The van der Waals surface area contributed by atoms with E-state index in [1.165, 1.54) is 44.2 Å². The average molecular weight is 965 g/mol. The molecule has 9 rings (SSSR count). The van der Waals surface area contributed by atoms with Crippen molar-refractivity contribution in [1.29, 1.82) is 0 Å². The highest BCUT2D eigenvalue weighted by molar-refractivity contribution is 5.67. The van der Waals surface area contributed by atoms with Crippen molar-refractivity contribution in [1.82, 2.24) is 0 Å². The summed E-state index contributed by atoms with van der Waals surface area (Å²) in [5.74, 6) is 1.07. The number of rotatable bonds is 13. The van der Waals surface area contributed by atoms with E-state index in [-0.39, 0.29) is 42.6 Å². The van der Waals surface area contributed by atoms with Crippen LogP contribution in [0.5, 0.6) is 51.7 Å². The lowest BCUT2D eigenvalue weighted by Crippen LogP contribution is -2.34. The molecule has 0 aliphatic carbocycles. The van der Waals surface area contributed by atoms with Gasteiger partial charge in [-0.05, 0) is 65.6 Å². The maximum Gasteiger partial charge on any atom is 0.303 e. The quantitative estimate of drug-likeness (QED) is 0.0634. The third kappa shape index (κ3) is 13.3. The van der Waals surface area contributed by atoms with Crippen LogP contribution in [0.15, 0.2) is 152 Å². The van der Waals surface area contributed by atoms with Crippen molar-refractivity contribution >= 4 is 11.9 Å². The largest absolute Gasteiger partial charge is 0.508 e. The van der Waals surface area contributed by atoms with Crippen LogP contribution in [0.4, 0.5) is 0 Å². The van der Waals surface area contributed by atoms with Gasteiger partial charge in [0.25, 0.3) is 0 Å². The molecule has 0 amide bonds. The zero-order chi connectivity index (χ0) is 50.4. The summed E-state index contributed by atoms with van der Waals surface area (Å²) in [6, 6.07) is 46.5. The predicted octanol–water partition coefficient (Wildman–Crippen LogP) is 11.7. The Labute approximate surface area is 414 Å². The summed E-state index contributed by atoms with van der Waals surface area (Å²) >= 11 is 0. The van der Waals surface area contributed by atoms with Gasteiger partial charge in [-0.1, -0.05) is 117 Å². The molecule has 0 saturated carbocycles. The zero-order valence-electron chi connectivity index (χ0n) is 40.2. The number of ether oxygens (including phenoxy) is 7. The van der Waals surface area contributed by atoms with E-state index in [2.05, 4.69) is 0 Å². The topological polar surface area (TPSA) is 180 Å². The van der Waals surface area contributed by atoms with Gasteiger partial charge in [-0.25, -0.2) is 0 Å². The average Bonchev–Trinajstić information content (AvgIpc) is 3.36. The Morgan fingerprint density at radius 3 is 1.49 bits per heavy atom. The van der Waals surface area contributed by atoms with Crippen LogP contribution in [0.3, 0.4) is 0 Å². The van der Waals surface area contributed by atoms with Crippen molar-refractivity contribution in [3.05, 3.63) is 196 Å². The number of phenols is 4. The molecule has 4 atom stereocenters. The molecule has 2 aliphatic rings. The lowest BCUT2D eigenvalue weighted by molar-refractivity contribution is -0.153. The number of hydrogen-bond donors (Lipinski definition) is 4. The Morgan fingerprint density at radius 2 is 0.972 bits per heavy atom. The second-order valence-corrected chi connectivity index (χ2v) is 16.7. The molecule has 2 aliphatic heterocycles. The number of aryl methyl sites for hydroxylation is 1. The SMILES string of the molecule is CC.CC(=O)O[C@@H]1Cc2c(O)cc(O)cc2O[C@@H]1c1ccc(O)c(O)c1.CC(=O)O[C@@H]1Cc2c(OCc3ccccc3)cc(C)cc2O[C@@H]1c1ccc(OCc2ccccc2)c(OCc2ccccc2)c1.[HH]. The van der Waals surface area contributed by atoms with Crippen LogP contribution in [0.1, 0.15) is 85.8 Å². The second kappa shape index (κ2) is 23.8. The summed E-state index contributed by atoms with van der Waals surface area (Å²) in [5, 5.41) is 38.7. The smallest absolute Gasteiger partial charge is 0.303 e. The van der Waals surface area contributed by atoms with Gasteiger partial charge in [0, 0.05) is 62.5 Å². The van der Waals surface area contributed by atoms with Gasteiger partial charge in [0.1, 0.15) is 60.8 Å². The molecule has 0 spiro atoms. The maximum atomic E-state index is 12.3. The first-order valence-electron chi connectivity index (χ1n) is 23.4. The lowest BCUT2D eigenvalue weighted by Gasteiger charge is -2.34. The molecule has 13 nitrogen and oxygen atoms in total. The van der Waals surface area contributed by atoms with Gasteiger partial charge in [-0.2, -0.15) is 0 Å². The second-order valence-electron chi connectivity index (χ2n) is 16.7. The predicted molar refractivity (Wildman–Crippen MR) is 268 cm³/mol. The number of esters is 2. The number of benzene rings is 7. The molecule has 370 valence electrons. The van der Waals surface area contributed by atoms with Crippen LogP contribution in [0, 0.1) is 6.92 Å². The van der Waals surface area contributed by atoms with Crippen molar-refractivity contribution < 1.29 is 64.6 Å². The van der Waals surface area contributed by atoms with Crippen molar-refractivity contribution in [2.75, 3.05) is 0 Å². The fraction of sp³-hybridized carbons (Fsp3) is 0.241. The Balaban J connectivity index is 0.000000265. The van der Waals surface area contributed by atoms with Crippen molar-refractivity contribution in [3.8, 4) is 51.7 Å². The number of phenolic OH excluding ortho intramolecular Hbond substituents is 4. The van der Waals surface area contributed by atoms with Gasteiger partial charge in [0.15, 0.2) is 35.2 Å². The first-order valence-corrected chi connectivity index (χ1v) is 23.4. The maximum absolute atomic E-state index is 12.3. The third-order valence-corrected chi connectivity index (χ3v) is 11.4. The van der Waals surface area contributed by atoms with Crippen molar-refractivity contribution in [2.45, 2.75) is 91.7 Å². The molecule has 0 radical (unpaired) electrons. The summed E-state index contributed by atoms with van der Waals surface area (Å²) in [6.45, 7) is 9.89. The van der Waals surface area contributed by atoms with Gasteiger partial charge in [-0.3, -0.25) is 9.59 Å². The number of fused-ring (bicyclic) bond motifs is 2. The highest BCUT2D eigenvalue weighted by Crippen LogP contribution is 2.45. The lowest BCUT2D eigenvalue weighted by atomic mass is 9.93. The van der Waals surface area contributed by atoms with Crippen LogP contribution < -0.4 is 23.7 Å². The molecule has 0 unspecified atom stereocenters. The molecule has 0 bridgehead atoms.